The molecule has 6 nitrogen and oxygen atoms in total. The second kappa shape index (κ2) is 10.2. The van der Waals surface area contributed by atoms with Gasteiger partial charge < -0.3 is 11.1 Å². The smallest absolute Gasteiger partial charge is 0.237 e. The summed E-state index contributed by atoms with van der Waals surface area (Å²) in [5.74, 6) is -0.180. The summed E-state index contributed by atoms with van der Waals surface area (Å²) in [6.07, 6.45) is 0.878. The number of aromatic nitrogens is 1. The predicted molar refractivity (Wildman–Crippen MR) is 133 cm³/mol. The van der Waals surface area contributed by atoms with Gasteiger partial charge in [0, 0.05) is 11.3 Å². The Morgan fingerprint density at radius 1 is 1.09 bits per heavy atom. The van der Waals surface area contributed by atoms with E-state index in [9.17, 15) is 15.3 Å². The molecule has 3 aromatic rings. The molecule has 0 radical (unpaired) electrons. The van der Waals surface area contributed by atoms with Crippen molar-refractivity contribution in [3.63, 3.8) is 0 Å². The number of benzene rings is 2. The SMILES string of the molecule is CCc1ccc(-c2c(C#N)c(N)nc(SC(C)C(=O)Nc3ccc(C)c(C)c3)c2C#N)cc1. The molecule has 0 fully saturated rings. The average molecular weight is 456 g/mol. The highest BCUT2D eigenvalue weighted by Crippen LogP contribution is 2.37. The summed E-state index contributed by atoms with van der Waals surface area (Å²) in [6.45, 7) is 7.80. The summed E-state index contributed by atoms with van der Waals surface area (Å²) in [5.41, 5.74) is 11.7. The van der Waals surface area contributed by atoms with Crippen LogP contribution in [0.5, 0.6) is 0 Å². The number of amides is 1. The van der Waals surface area contributed by atoms with E-state index >= 15 is 0 Å². The summed E-state index contributed by atoms with van der Waals surface area (Å²) < 4.78 is 0. The number of nitrogens with two attached hydrogens (primary N) is 1. The van der Waals surface area contributed by atoms with Crippen LogP contribution in [-0.4, -0.2) is 16.1 Å². The molecule has 1 unspecified atom stereocenters. The van der Waals surface area contributed by atoms with E-state index in [1.807, 2.05) is 56.3 Å². The van der Waals surface area contributed by atoms with Crippen LogP contribution in [-0.2, 0) is 11.2 Å². The number of aryl methyl sites for hydroxylation is 3. The van der Waals surface area contributed by atoms with Crippen molar-refractivity contribution in [1.29, 1.82) is 10.5 Å². The molecule has 33 heavy (non-hydrogen) atoms. The van der Waals surface area contributed by atoms with E-state index in [0.717, 1.165) is 34.9 Å². The van der Waals surface area contributed by atoms with Gasteiger partial charge in [-0.3, -0.25) is 4.79 Å². The zero-order valence-electron chi connectivity index (χ0n) is 19.1. The lowest BCUT2D eigenvalue weighted by Crippen LogP contribution is -2.23. The fourth-order valence-electron chi connectivity index (χ4n) is 3.36. The highest BCUT2D eigenvalue weighted by atomic mass is 32.2. The van der Waals surface area contributed by atoms with E-state index in [4.69, 9.17) is 5.73 Å². The largest absolute Gasteiger partial charge is 0.383 e. The Kier molecular flexibility index (Phi) is 7.37. The van der Waals surface area contributed by atoms with Crippen molar-refractivity contribution < 1.29 is 4.79 Å². The topological polar surface area (TPSA) is 116 Å². The molecule has 0 bridgehead atoms. The Bertz CT molecular complexity index is 1290. The number of rotatable bonds is 6. The van der Waals surface area contributed by atoms with Gasteiger partial charge in [-0.2, -0.15) is 10.5 Å². The predicted octanol–water partition coefficient (Wildman–Crippen LogP) is 5.37. The summed E-state index contributed by atoms with van der Waals surface area (Å²) in [5, 5.41) is 22.3. The maximum absolute atomic E-state index is 12.8. The number of thioether (sulfide) groups is 1. The Labute approximate surface area is 198 Å². The van der Waals surface area contributed by atoms with E-state index in [2.05, 4.69) is 29.4 Å². The summed E-state index contributed by atoms with van der Waals surface area (Å²) in [6, 6.07) is 17.7. The molecular formula is C26H25N5OS. The molecular weight excluding hydrogens is 430 g/mol. The number of carbonyl (C=O) groups excluding carboxylic acids is 1. The third kappa shape index (κ3) is 5.16. The maximum atomic E-state index is 12.8. The molecule has 0 spiro atoms. The van der Waals surface area contributed by atoms with Crippen molar-refractivity contribution in [1.82, 2.24) is 4.98 Å². The monoisotopic (exact) mass is 455 g/mol. The van der Waals surface area contributed by atoms with Crippen LogP contribution in [0.15, 0.2) is 47.5 Å². The van der Waals surface area contributed by atoms with Gasteiger partial charge in [0.05, 0.1) is 10.8 Å². The van der Waals surface area contributed by atoms with Crippen LogP contribution in [0.3, 0.4) is 0 Å². The molecule has 3 N–H and O–H groups in total. The summed E-state index contributed by atoms with van der Waals surface area (Å²) in [4.78, 5) is 17.1. The molecule has 1 aromatic heterocycles. The number of anilines is 2. The second-order valence-corrected chi connectivity index (χ2v) is 9.08. The van der Waals surface area contributed by atoms with Gasteiger partial charge in [-0.25, -0.2) is 4.98 Å². The van der Waals surface area contributed by atoms with Crippen LogP contribution in [0.1, 0.15) is 41.7 Å². The minimum atomic E-state index is -0.547. The molecule has 0 saturated carbocycles. The van der Waals surface area contributed by atoms with Crippen LogP contribution >= 0.6 is 11.8 Å². The first-order valence-electron chi connectivity index (χ1n) is 10.6. The molecule has 1 amide bonds. The Hall–Kier alpha value is -3.81. The van der Waals surface area contributed by atoms with E-state index in [0.29, 0.717) is 21.8 Å². The van der Waals surface area contributed by atoms with E-state index in [1.165, 1.54) is 0 Å². The van der Waals surface area contributed by atoms with Gasteiger partial charge >= 0.3 is 0 Å². The van der Waals surface area contributed by atoms with Gasteiger partial charge in [0.1, 0.15) is 28.5 Å². The molecule has 0 aliphatic heterocycles. The third-order valence-corrected chi connectivity index (χ3v) is 6.58. The van der Waals surface area contributed by atoms with Gasteiger partial charge in [-0.1, -0.05) is 49.0 Å². The lowest BCUT2D eigenvalue weighted by molar-refractivity contribution is -0.115. The average Bonchev–Trinajstić information content (AvgIpc) is 2.81. The van der Waals surface area contributed by atoms with Crippen LogP contribution in [0.2, 0.25) is 0 Å². The first kappa shape index (κ1) is 23.8. The molecule has 0 saturated heterocycles. The van der Waals surface area contributed by atoms with Crippen LogP contribution < -0.4 is 11.1 Å². The zero-order chi connectivity index (χ0) is 24.1. The van der Waals surface area contributed by atoms with E-state index < -0.39 is 5.25 Å². The first-order valence-corrected chi connectivity index (χ1v) is 11.4. The van der Waals surface area contributed by atoms with Crippen molar-refractivity contribution in [3.8, 4) is 23.3 Å². The highest BCUT2D eigenvalue weighted by Gasteiger charge is 2.24. The molecule has 7 heteroatoms. The van der Waals surface area contributed by atoms with Gasteiger partial charge in [0.25, 0.3) is 0 Å². The van der Waals surface area contributed by atoms with Crippen LogP contribution in [0.25, 0.3) is 11.1 Å². The number of pyridine rings is 1. The molecule has 2 aromatic carbocycles. The molecule has 166 valence electrons. The minimum absolute atomic E-state index is 0.0373. The Morgan fingerprint density at radius 2 is 1.76 bits per heavy atom. The first-order chi connectivity index (χ1) is 15.8. The zero-order valence-corrected chi connectivity index (χ0v) is 19.9. The highest BCUT2D eigenvalue weighted by molar-refractivity contribution is 8.00. The number of hydrogen-bond donors (Lipinski definition) is 2. The standard InChI is InChI=1S/C26H25N5OS/c1-5-18-7-9-19(10-8-18)23-21(13-27)24(29)31-26(22(23)14-28)33-17(4)25(32)30-20-11-6-15(2)16(3)12-20/h6-12,17H,5H2,1-4H3,(H2,29,31)(H,30,32). The van der Waals surface area contributed by atoms with E-state index in [1.54, 1.807) is 6.92 Å². The number of nitriles is 2. The minimum Gasteiger partial charge on any atom is -0.383 e. The van der Waals surface area contributed by atoms with Crippen LogP contribution in [0.4, 0.5) is 11.5 Å². The quantitative estimate of drug-likeness (QED) is 0.483. The van der Waals surface area contributed by atoms with Gasteiger partial charge in [0.15, 0.2) is 0 Å². The molecule has 3 rings (SSSR count). The number of nitrogen functional groups attached to an aromatic ring is 1. The number of carbonyl (C=O) groups is 1. The lowest BCUT2D eigenvalue weighted by Gasteiger charge is -2.16. The third-order valence-electron chi connectivity index (χ3n) is 5.50. The van der Waals surface area contributed by atoms with Crippen molar-refractivity contribution >= 4 is 29.2 Å². The van der Waals surface area contributed by atoms with E-state index in [-0.39, 0.29) is 22.9 Å². The molecule has 1 heterocycles. The van der Waals surface area contributed by atoms with Gasteiger partial charge in [-0.05, 0) is 61.6 Å². The normalized spacial score (nSPS) is 11.3. The molecule has 0 aliphatic carbocycles. The van der Waals surface area contributed by atoms with Gasteiger partial charge in [0.2, 0.25) is 5.91 Å². The maximum Gasteiger partial charge on any atom is 0.237 e. The summed E-state index contributed by atoms with van der Waals surface area (Å²) in [7, 11) is 0. The number of hydrogen-bond acceptors (Lipinski definition) is 6. The lowest BCUT2D eigenvalue weighted by atomic mass is 9.96. The Morgan fingerprint density at radius 3 is 2.33 bits per heavy atom. The van der Waals surface area contributed by atoms with Crippen molar-refractivity contribution in [2.24, 2.45) is 0 Å². The Balaban J connectivity index is 1.96. The molecule has 1 atom stereocenters. The number of nitrogens with one attached hydrogen (secondary N) is 1. The fourth-order valence-corrected chi connectivity index (χ4v) is 4.28. The fraction of sp³-hybridized carbons (Fsp3) is 0.231. The van der Waals surface area contributed by atoms with Crippen molar-refractivity contribution in [2.75, 3.05) is 11.1 Å². The van der Waals surface area contributed by atoms with Crippen molar-refractivity contribution in [3.05, 3.63) is 70.3 Å². The van der Waals surface area contributed by atoms with Crippen molar-refractivity contribution in [2.45, 2.75) is 44.4 Å². The summed E-state index contributed by atoms with van der Waals surface area (Å²) >= 11 is 1.14. The number of nitrogens with zero attached hydrogens (tertiary/aromatic N) is 3. The van der Waals surface area contributed by atoms with Gasteiger partial charge in [-0.15, -0.1) is 0 Å². The molecule has 0 aliphatic rings. The van der Waals surface area contributed by atoms with Crippen LogP contribution in [0, 0.1) is 36.5 Å². The second-order valence-electron chi connectivity index (χ2n) is 7.75.